The zero-order valence-corrected chi connectivity index (χ0v) is 14.6. The van der Waals surface area contributed by atoms with Gasteiger partial charge in [0, 0.05) is 11.9 Å². The maximum absolute atomic E-state index is 11.5. The summed E-state index contributed by atoms with van der Waals surface area (Å²) in [4.78, 5) is 17.8. The summed E-state index contributed by atoms with van der Waals surface area (Å²) >= 11 is 5.99. The fourth-order valence-electron chi connectivity index (χ4n) is 3.37. The molecule has 1 saturated heterocycles. The fraction of sp³-hybridized carbons (Fsp3) is 0.500. The Labute approximate surface area is 142 Å². The van der Waals surface area contributed by atoms with Gasteiger partial charge < -0.3 is 4.74 Å². The molecule has 0 spiro atoms. The molecule has 124 valence electrons. The zero-order chi connectivity index (χ0) is 16.8. The Kier molecular flexibility index (Phi) is 3.93. The SMILES string of the molecule is CC(=O)O[C@@H]1CC(C)(C)[C@@H]2C=C[C@@]1(C)ON2c1ccc(Cl)cc1. The van der Waals surface area contributed by atoms with E-state index in [0.29, 0.717) is 5.02 Å². The van der Waals surface area contributed by atoms with Gasteiger partial charge >= 0.3 is 5.97 Å². The molecule has 4 nitrogen and oxygen atoms in total. The molecule has 1 aliphatic carbocycles. The molecule has 0 radical (unpaired) electrons. The number of esters is 1. The maximum Gasteiger partial charge on any atom is 0.303 e. The average Bonchev–Trinajstić information content (AvgIpc) is 2.59. The molecule has 1 aromatic rings. The topological polar surface area (TPSA) is 38.8 Å². The number of hydroxylamine groups is 1. The van der Waals surface area contributed by atoms with Gasteiger partial charge in [-0.05, 0) is 49.1 Å². The van der Waals surface area contributed by atoms with Crippen molar-refractivity contribution in [3.63, 3.8) is 0 Å². The predicted molar refractivity (Wildman–Crippen MR) is 90.3 cm³/mol. The molecule has 3 atom stereocenters. The summed E-state index contributed by atoms with van der Waals surface area (Å²) in [5.41, 5.74) is 0.131. The zero-order valence-electron chi connectivity index (χ0n) is 13.9. The van der Waals surface area contributed by atoms with E-state index in [4.69, 9.17) is 21.2 Å². The van der Waals surface area contributed by atoms with Crippen LogP contribution in [0.15, 0.2) is 36.4 Å². The number of hydrogen-bond acceptors (Lipinski definition) is 4. The molecule has 2 aliphatic heterocycles. The lowest BCUT2D eigenvalue weighted by Crippen LogP contribution is -2.50. The van der Waals surface area contributed by atoms with Crippen LogP contribution < -0.4 is 5.06 Å². The summed E-state index contributed by atoms with van der Waals surface area (Å²) in [6.45, 7) is 7.73. The van der Waals surface area contributed by atoms with Gasteiger partial charge in [-0.3, -0.25) is 9.63 Å². The number of fused-ring (bicyclic) bond motifs is 3. The number of ether oxygens (including phenoxy) is 1. The highest BCUT2D eigenvalue weighted by Gasteiger charge is 2.52. The molecule has 0 N–H and O–H groups in total. The molecular formula is C18H22ClNO3. The number of carbonyl (C=O) groups excluding carboxylic acids is 1. The third-order valence-corrected chi connectivity index (χ3v) is 4.95. The van der Waals surface area contributed by atoms with Crippen LogP contribution in [0.4, 0.5) is 5.69 Å². The minimum Gasteiger partial charge on any atom is -0.459 e. The number of carbonyl (C=O) groups is 1. The Hall–Kier alpha value is -1.52. The first-order chi connectivity index (χ1) is 10.7. The molecule has 0 saturated carbocycles. The summed E-state index contributed by atoms with van der Waals surface area (Å²) in [7, 11) is 0. The first-order valence-corrected chi connectivity index (χ1v) is 8.20. The summed E-state index contributed by atoms with van der Waals surface area (Å²) in [6.07, 6.45) is 4.58. The Balaban J connectivity index is 2.01. The molecule has 2 bridgehead atoms. The summed E-state index contributed by atoms with van der Waals surface area (Å²) in [5.74, 6) is -0.285. The van der Waals surface area contributed by atoms with E-state index in [-0.39, 0.29) is 23.5 Å². The summed E-state index contributed by atoms with van der Waals surface area (Å²) in [5, 5.41) is 2.60. The lowest BCUT2D eigenvalue weighted by Gasteiger charge is -2.42. The Morgan fingerprint density at radius 1 is 1.30 bits per heavy atom. The lowest BCUT2D eigenvalue weighted by atomic mass is 9.79. The largest absolute Gasteiger partial charge is 0.459 e. The maximum atomic E-state index is 11.5. The van der Waals surface area contributed by atoms with E-state index >= 15 is 0 Å². The molecule has 1 fully saturated rings. The number of nitrogens with zero attached hydrogens (tertiary/aromatic N) is 1. The van der Waals surface area contributed by atoms with Gasteiger partial charge in [0.05, 0.1) is 11.7 Å². The van der Waals surface area contributed by atoms with Crippen LogP contribution in [-0.2, 0) is 14.4 Å². The van der Waals surface area contributed by atoms with Crippen molar-refractivity contribution in [2.24, 2.45) is 5.41 Å². The van der Waals surface area contributed by atoms with Gasteiger partial charge in [0.1, 0.15) is 11.7 Å². The molecule has 0 amide bonds. The van der Waals surface area contributed by atoms with Crippen LogP contribution in [0.2, 0.25) is 5.02 Å². The van der Waals surface area contributed by atoms with Crippen LogP contribution >= 0.6 is 11.6 Å². The quantitative estimate of drug-likeness (QED) is 0.601. The normalized spacial score (nSPS) is 31.8. The van der Waals surface area contributed by atoms with E-state index in [9.17, 15) is 4.79 Å². The van der Waals surface area contributed by atoms with Crippen molar-refractivity contribution in [3.8, 4) is 0 Å². The van der Waals surface area contributed by atoms with Gasteiger partial charge in [-0.25, -0.2) is 5.06 Å². The van der Waals surface area contributed by atoms with Gasteiger partial charge in [-0.1, -0.05) is 31.5 Å². The molecular weight excluding hydrogens is 314 g/mol. The number of halogens is 1. The van der Waals surface area contributed by atoms with E-state index in [1.54, 1.807) is 0 Å². The number of hydrogen-bond donors (Lipinski definition) is 0. The minimum absolute atomic E-state index is 0.0531. The van der Waals surface area contributed by atoms with Crippen LogP contribution in [0.25, 0.3) is 0 Å². The predicted octanol–water partition coefficient (Wildman–Crippen LogP) is 4.14. The third kappa shape index (κ3) is 2.98. The van der Waals surface area contributed by atoms with Crippen LogP contribution in [0.1, 0.15) is 34.1 Å². The highest BCUT2D eigenvalue weighted by atomic mass is 35.5. The first kappa shape index (κ1) is 16.3. The number of benzene rings is 1. The van der Waals surface area contributed by atoms with E-state index in [1.807, 2.05) is 42.3 Å². The number of anilines is 1. The lowest BCUT2D eigenvalue weighted by molar-refractivity contribution is -0.163. The van der Waals surface area contributed by atoms with Crippen molar-refractivity contribution in [1.82, 2.24) is 0 Å². The second-order valence-corrected chi connectivity index (χ2v) is 7.61. The molecule has 0 aromatic heterocycles. The third-order valence-electron chi connectivity index (χ3n) is 4.70. The highest BCUT2D eigenvalue weighted by molar-refractivity contribution is 6.30. The van der Waals surface area contributed by atoms with Crippen LogP contribution in [0, 0.1) is 5.41 Å². The van der Waals surface area contributed by atoms with Gasteiger partial charge in [-0.2, -0.15) is 0 Å². The van der Waals surface area contributed by atoms with Crippen molar-refractivity contribution < 1.29 is 14.4 Å². The van der Waals surface area contributed by atoms with E-state index in [0.717, 1.165) is 12.1 Å². The van der Waals surface area contributed by atoms with E-state index < -0.39 is 5.60 Å². The molecule has 23 heavy (non-hydrogen) atoms. The first-order valence-electron chi connectivity index (χ1n) is 7.82. The van der Waals surface area contributed by atoms with Crippen molar-refractivity contribution in [3.05, 3.63) is 41.4 Å². The highest BCUT2D eigenvalue weighted by Crippen LogP contribution is 2.46. The number of rotatable bonds is 2. The van der Waals surface area contributed by atoms with Crippen molar-refractivity contribution in [2.45, 2.75) is 51.9 Å². The van der Waals surface area contributed by atoms with Crippen LogP contribution in [0.5, 0.6) is 0 Å². The summed E-state index contributed by atoms with van der Waals surface area (Å²) in [6, 6.07) is 7.63. The van der Waals surface area contributed by atoms with Gasteiger partial charge in [-0.15, -0.1) is 0 Å². The molecule has 1 aromatic carbocycles. The smallest absolute Gasteiger partial charge is 0.303 e. The summed E-state index contributed by atoms with van der Waals surface area (Å²) < 4.78 is 5.58. The van der Waals surface area contributed by atoms with Gasteiger partial charge in [0.15, 0.2) is 0 Å². The second kappa shape index (κ2) is 5.53. The monoisotopic (exact) mass is 335 g/mol. The fourth-order valence-corrected chi connectivity index (χ4v) is 3.49. The second-order valence-electron chi connectivity index (χ2n) is 7.17. The van der Waals surface area contributed by atoms with Crippen molar-refractivity contribution in [2.75, 3.05) is 5.06 Å². The Morgan fingerprint density at radius 3 is 2.57 bits per heavy atom. The Morgan fingerprint density at radius 2 is 1.96 bits per heavy atom. The minimum atomic E-state index is -0.685. The van der Waals surface area contributed by atoms with E-state index in [2.05, 4.69) is 19.9 Å². The van der Waals surface area contributed by atoms with E-state index in [1.165, 1.54) is 6.92 Å². The molecule has 0 unspecified atom stereocenters. The molecule has 3 aliphatic rings. The molecule has 4 rings (SSSR count). The van der Waals surface area contributed by atoms with Crippen LogP contribution in [0.3, 0.4) is 0 Å². The Bertz CT molecular complexity index is 640. The average molecular weight is 336 g/mol. The molecule has 5 heteroatoms. The molecule has 2 heterocycles. The van der Waals surface area contributed by atoms with Crippen molar-refractivity contribution in [1.29, 1.82) is 0 Å². The van der Waals surface area contributed by atoms with Crippen LogP contribution in [-0.4, -0.2) is 23.7 Å². The van der Waals surface area contributed by atoms with Crippen molar-refractivity contribution >= 4 is 23.3 Å². The van der Waals surface area contributed by atoms with Gasteiger partial charge in [0.25, 0.3) is 0 Å². The standard InChI is InChI=1S/C18H22ClNO3/c1-12(21)22-16-11-17(2,3)15-9-10-18(16,4)23-20(15)14-7-5-13(19)6-8-14/h5-10,15-16H,11H2,1-4H3/t15-,16+,18+/m0/s1. The van der Waals surface area contributed by atoms with Gasteiger partial charge in [0.2, 0.25) is 0 Å².